The van der Waals surface area contributed by atoms with Gasteiger partial charge in [-0.05, 0) is 38.1 Å². The second-order valence-electron chi connectivity index (χ2n) is 7.63. The predicted octanol–water partition coefficient (Wildman–Crippen LogP) is 5.03. The zero-order valence-corrected chi connectivity index (χ0v) is 18.6. The third kappa shape index (κ3) is 4.84. The van der Waals surface area contributed by atoms with Crippen molar-refractivity contribution in [3.63, 3.8) is 0 Å². The Morgan fingerprint density at radius 1 is 1.03 bits per heavy atom. The lowest BCUT2D eigenvalue weighted by molar-refractivity contribution is -0.138. The van der Waals surface area contributed by atoms with E-state index in [4.69, 9.17) is 4.74 Å². The molecule has 13 heteroatoms. The zero-order chi connectivity index (χ0) is 25.5. The Labute approximate surface area is 195 Å². The molecule has 4 rings (SSSR count). The quantitative estimate of drug-likeness (QED) is 0.350. The summed E-state index contributed by atoms with van der Waals surface area (Å²) in [6.45, 7) is -0.645. The molecule has 0 saturated heterocycles. The Bertz CT molecular complexity index is 1360. The van der Waals surface area contributed by atoms with E-state index in [2.05, 4.69) is 20.2 Å². The number of hydrogen-bond donors (Lipinski definition) is 0. The molecule has 0 atom stereocenters. The summed E-state index contributed by atoms with van der Waals surface area (Å²) in [7, 11) is 1.51. The second kappa shape index (κ2) is 9.04. The first-order valence-electron chi connectivity index (χ1n) is 10.2. The van der Waals surface area contributed by atoms with Crippen molar-refractivity contribution in [2.24, 2.45) is 7.05 Å². The average molecular weight is 496 g/mol. The fourth-order valence-electron chi connectivity index (χ4n) is 3.86. The number of ether oxygens (including phenoxy) is 1. The molecule has 0 N–H and O–H groups in total. The Kier molecular flexibility index (Phi) is 6.26. The molecule has 35 heavy (non-hydrogen) atoms. The highest BCUT2D eigenvalue weighted by Crippen LogP contribution is 2.36. The molecular weight excluding hydrogens is 478 g/mol. The molecule has 184 valence electrons. The summed E-state index contributed by atoms with van der Waals surface area (Å²) in [4.78, 5) is 8.10. The Morgan fingerprint density at radius 2 is 1.71 bits per heavy atom. The lowest BCUT2D eigenvalue weighted by Crippen LogP contribution is -2.09. The van der Waals surface area contributed by atoms with Crippen LogP contribution in [0.4, 0.5) is 26.3 Å². The van der Waals surface area contributed by atoms with E-state index in [1.54, 1.807) is 0 Å². The highest BCUT2D eigenvalue weighted by atomic mass is 19.4. The van der Waals surface area contributed by atoms with Gasteiger partial charge in [-0.2, -0.15) is 32.1 Å². The molecule has 7 nitrogen and oxygen atoms in total. The maximum Gasteiger partial charge on any atom is 0.419 e. The fraction of sp³-hybridized carbons (Fsp3) is 0.273. The summed E-state index contributed by atoms with van der Waals surface area (Å²) in [5.41, 5.74) is -0.259. The van der Waals surface area contributed by atoms with Crippen LogP contribution in [0.2, 0.25) is 0 Å². The van der Waals surface area contributed by atoms with Gasteiger partial charge >= 0.3 is 12.8 Å². The van der Waals surface area contributed by atoms with E-state index in [-0.39, 0.29) is 46.5 Å². The summed E-state index contributed by atoms with van der Waals surface area (Å²) in [5.74, 6) is -0.657. The number of rotatable bonds is 6. The molecule has 0 radical (unpaired) electrons. The van der Waals surface area contributed by atoms with Crippen LogP contribution in [-0.4, -0.2) is 36.1 Å². The predicted molar refractivity (Wildman–Crippen MR) is 112 cm³/mol. The normalized spacial score (nSPS) is 11.9. The largest absolute Gasteiger partial charge is 0.430 e. The Morgan fingerprint density at radius 3 is 2.31 bits per heavy atom. The van der Waals surface area contributed by atoms with Crippen molar-refractivity contribution in [3.05, 3.63) is 70.8 Å². The van der Waals surface area contributed by atoms with Crippen molar-refractivity contribution in [3.8, 4) is 22.8 Å². The number of nitrogens with zero attached hydrogens (tertiary/aromatic N) is 6. The van der Waals surface area contributed by atoms with Gasteiger partial charge in [0.25, 0.3) is 0 Å². The monoisotopic (exact) mass is 496 g/mol. The van der Waals surface area contributed by atoms with E-state index in [0.717, 1.165) is 11.0 Å². The number of aromatic nitrogens is 6. The molecule has 3 aromatic heterocycles. The summed E-state index contributed by atoms with van der Waals surface area (Å²) < 4.78 is 87.0. The second-order valence-corrected chi connectivity index (χ2v) is 7.63. The van der Waals surface area contributed by atoms with Crippen LogP contribution in [-0.2, 0) is 19.6 Å². The van der Waals surface area contributed by atoms with E-state index in [9.17, 15) is 26.3 Å². The van der Waals surface area contributed by atoms with Gasteiger partial charge in [0.05, 0.1) is 22.6 Å². The van der Waals surface area contributed by atoms with E-state index < -0.39 is 24.2 Å². The molecule has 1 aromatic carbocycles. The van der Waals surface area contributed by atoms with Crippen LogP contribution in [0, 0.1) is 19.7 Å². The standard InChI is InChI=1S/C22H18F6N6O/c1-11-18(22(26,27)28)12(2)34(31-11)17-9-15(29-10-30-17)8-16-20(35-21(24)25)19(33(3)32-16)13-4-6-14(23)7-5-13/h4-7,9-10,21H,8H2,1-3H3. The first kappa shape index (κ1) is 24.2. The van der Waals surface area contributed by atoms with Crippen molar-refractivity contribution < 1.29 is 31.1 Å². The summed E-state index contributed by atoms with van der Waals surface area (Å²) in [6.07, 6.45) is -3.56. The maximum atomic E-state index is 13.4. The van der Waals surface area contributed by atoms with Gasteiger partial charge in [-0.1, -0.05) is 0 Å². The summed E-state index contributed by atoms with van der Waals surface area (Å²) >= 11 is 0. The van der Waals surface area contributed by atoms with Crippen molar-refractivity contribution >= 4 is 0 Å². The lowest BCUT2D eigenvalue weighted by Gasteiger charge is -2.10. The fourth-order valence-corrected chi connectivity index (χ4v) is 3.86. The van der Waals surface area contributed by atoms with Crippen LogP contribution in [0.25, 0.3) is 17.1 Å². The maximum absolute atomic E-state index is 13.4. The van der Waals surface area contributed by atoms with Crippen LogP contribution in [0.1, 0.15) is 28.3 Å². The molecule has 3 heterocycles. The van der Waals surface area contributed by atoms with Crippen LogP contribution in [0.3, 0.4) is 0 Å². The van der Waals surface area contributed by atoms with Gasteiger partial charge in [-0.25, -0.2) is 19.0 Å². The first-order chi connectivity index (χ1) is 16.5. The number of alkyl halides is 5. The zero-order valence-electron chi connectivity index (χ0n) is 18.6. The Balaban J connectivity index is 1.74. The molecule has 0 spiro atoms. The van der Waals surface area contributed by atoms with Crippen molar-refractivity contribution in [2.75, 3.05) is 0 Å². The van der Waals surface area contributed by atoms with Gasteiger partial charge in [-0.3, -0.25) is 4.68 Å². The minimum absolute atomic E-state index is 0.0668. The smallest absolute Gasteiger partial charge is 0.419 e. The van der Waals surface area contributed by atoms with E-state index in [0.29, 0.717) is 5.56 Å². The molecule has 0 fully saturated rings. The summed E-state index contributed by atoms with van der Waals surface area (Å²) in [6, 6.07) is 6.54. The number of benzene rings is 1. The molecule has 0 amide bonds. The number of halogens is 6. The SMILES string of the molecule is Cc1nn(-c2cc(Cc3nn(C)c(-c4ccc(F)cc4)c3OC(F)F)ncn2)c(C)c1C(F)(F)F. The van der Waals surface area contributed by atoms with E-state index in [1.807, 2.05) is 0 Å². The molecule has 0 aliphatic carbocycles. The molecule has 0 aliphatic heterocycles. The van der Waals surface area contributed by atoms with Gasteiger partial charge in [0.2, 0.25) is 0 Å². The third-order valence-corrected chi connectivity index (χ3v) is 5.25. The average Bonchev–Trinajstić information content (AvgIpc) is 3.23. The first-order valence-corrected chi connectivity index (χ1v) is 10.2. The third-order valence-electron chi connectivity index (χ3n) is 5.25. The highest BCUT2D eigenvalue weighted by Gasteiger charge is 2.37. The minimum Gasteiger partial charge on any atom is -0.430 e. The van der Waals surface area contributed by atoms with Crippen molar-refractivity contribution in [1.29, 1.82) is 0 Å². The van der Waals surface area contributed by atoms with Crippen molar-refractivity contribution in [2.45, 2.75) is 33.1 Å². The van der Waals surface area contributed by atoms with Crippen LogP contribution >= 0.6 is 0 Å². The minimum atomic E-state index is -4.59. The van der Waals surface area contributed by atoms with Gasteiger partial charge < -0.3 is 4.74 Å². The lowest BCUT2D eigenvalue weighted by atomic mass is 10.1. The van der Waals surface area contributed by atoms with Gasteiger partial charge in [-0.15, -0.1) is 0 Å². The van der Waals surface area contributed by atoms with Crippen molar-refractivity contribution in [1.82, 2.24) is 29.5 Å². The molecule has 4 aromatic rings. The molecule has 0 saturated carbocycles. The topological polar surface area (TPSA) is 70.7 Å². The van der Waals surface area contributed by atoms with Crippen LogP contribution < -0.4 is 4.74 Å². The number of aryl methyl sites for hydroxylation is 2. The molecule has 0 aliphatic rings. The molecule has 0 bridgehead atoms. The molecular formula is C22H18F6N6O. The van der Waals surface area contributed by atoms with Gasteiger partial charge in [0, 0.05) is 25.1 Å². The number of hydrogen-bond acceptors (Lipinski definition) is 5. The van der Waals surface area contributed by atoms with Crippen LogP contribution in [0.15, 0.2) is 36.7 Å². The van der Waals surface area contributed by atoms with Gasteiger partial charge in [0.15, 0.2) is 11.6 Å². The van der Waals surface area contributed by atoms with E-state index in [1.165, 1.54) is 55.9 Å². The van der Waals surface area contributed by atoms with Gasteiger partial charge in [0.1, 0.15) is 23.5 Å². The molecule has 0 unspecified atom stereocenters. The van der Waals surface area contributed by atoms with Crippen LogP contribution in [0.5, 0.6) is 5.75 Å². The summed E-state index contributed by atoms with van der Waals surface area (Å²) in [5, 5.41) is 8.21. The van der Waals surface area contributed by atoms with E-state index >= 15 is 0 Å². The Hall–Kier alpha value is -3.90. The highest BCUT2D eigenvalue weighted by molar-refractivity contribution is 5.68.